The lowest BCUT2D eigenvalue weighted by atomic mass is 9.98. The molecule has 2 rings (SSSR count). The summed E-state index contributed by atoms with van der Waals surface area (Å²) in [5.74, 6) is 0. The van der Waals surface area contributed by atoms with Gasteiger partial charge in [0, 0.05) is 10.8 Å². The highest BCUT2D eigenvalue weighted by atomic mass is 32.1. The fourth-order valence-electron chi connectivity index (χ4n) is 1.86. The molecule has 102 valence electrons. The van der Waals surface area contributed by atoms with Crippen LogP contribution in [0.3, 0.4) is 0 Å². The van der Waals surface area contributed by atoms with Crippen LogP contribution in [-0.2, 0) is 11.8 Å². The lowest BCUT2D eigenvalue weighted by molar-refractivity contribution is 0.215. The van der Waals surface area contributed by atoms with Gasteiger partial charge in [0.1, 0.15) is 6.10 Å². The molecule has 1 N–H and O–H groups in total. The van der Waals surface area contributed by atoms with Crippen molar-refractivity contribution >= 4 is 11.3 Å². The van der Waals surface area contributed by atoms with Crippen molar-refractivity contribution in [1.29, 1.82) is 0 Å². The maximum absolute atomic E-state index is 10.4. The Kier molecular flexibility index (Phi) is 4.07. The first kappa shape index (κ1) is 14.2. The quantitative estimate of drug-likeness (QED) is 0.915. The van der Waals surface area contributed by atoms with Crippen LogP contribution in [0.2, 0.25) is 0 Å². The Morgan fingerprint density at radius 1 is 1.21 bits per heavy atom. The van der Waals surface area contributed by atoms with Gasteiger partial charge < -0.3 is 5.11 Å². The minimum atomic E-state index is -0.627. The van der Waals surface area contributed by atoms with Crippen molar-refractivity contribution in [2.24, 2.45) is 0 Å². The van der Waals surface area contributed by atoms with Crippen LogP contribution in [0.5, 0.6) is 0 Å². The molecule has 0 amide bonds. The Morgan fingerprint density at radius 2 is 1.84 bits per heavy atom. The zero-order chi connectivity index (χ0) is 14.0. The largest absolute Gasteiger partial charge is 0.382 e. The van der Waals surface area contributed by atoms with Gasteiger partial charge in [-0.2, -0.15) is 0 Å². The fraction of sp³-hybridized carbons (Fsp3) is 0.438. The van der Waals surface area contributed by atoms with Gasteiger partial charge in [0.25, 0.3) is 0 Å². The molecule has 0 spiro atoms. The standard InChI is InChI=1S/C16H21NOS/c1-5-11-6-8-12(9-7-11)14(18)13-10-19-15(17-13)16(2,3)4/h6-10,14,18H,5H2,1-4H3. The van der Waals surface area contributed by atoms with Crippen LogP contribution in [0, 0.1) is 0 Å². The molecule has 1 heterocycles. The van der Waals surface area contributed by atoms with E-state index in [4.69, 9.17) is 0 Å². The number of rotatable bonds is 3. The zero-order valence-corrected chi connectivity index (χ0v) is 12.8. The number of thiazole rings is 1. The molecule has 0 bridgehead atoms. The number of aryl methyl sites for hydroxylation is 1. The summed E-state index contributed by atoms with van der Waals surface area (Å²) in [6.07, 6.45) is 0.389. The number of hydrogen-bond donors (Lipinski definition) is 1. The number of aromatic nitrogens is 1. The molecule has 0 aliphatic carbocycles. The summed E-state index contributed by atoms with van der Waals surface area (Å²) < 4.78 is 0. The van der Waals surface area contributed by atoms with Crippen LogP contribution in [0.4, 0.5) is 0 Å². The van der Waals surface area contributed by atoms with Crippen LogP contribution in [-0.4, -0.2) is 10.1 Å². The molecule has 0 aliphatic rings. The number of nitrogens with zero attached hydrogens (tertiary/aromatic N) is 1. The van der Waals surface area contributed by atoms with E-state index in [-0.39, 0.29) is 5.41 Å². The van der Waals surface area contributed by atoms with Gasteiger partial charge in [-0.3, -0.25) is 0 Å². The van der Waals surface area contributed by atoms with Crippen LogP contribution in [0.25, 0.3) is 0 Å². The lowest BCUT2D eigenvalue weighted by Gasteiger charge is -2.14. The average molecular weight is 275 g/mol. The molecule has 0 saturated carbocycles. The molecule has 1 atom stereocenters. The molecule has 0 aliphatic heterocycles. The smallest absolute Gasteiger partial charge is 0.122 e. The molecule has 0 radical (unpaired) electrons. The van der Waals surface area contributed by atoms with Gasteiger partial charge in [-0.15, -0.1) is 11.3 Å². The predicted molar refractivity (Wildman–Crippen MR) is 80.7 cm³/mol. The Morgan fingerprint density at radius 3 is 2.32 bits per heavy atom. The van der Waals surface area contributed by atoms with Gasteiger partial charge in [-0.05, 0) is 17.5 Å². The number of aliphatic hydroxyl groups excluding tert-OH is 1. The molecule has 1 aromatic carbocycles. The third kappa shape index (κ3) is 3.23. The highest BCUT2D eigenvalue weighted by Gasteiger charge is 2.21. The second-order valence-electron chi connectivity index (χ2n) is 5.83. The van der Waals surface area contributed by atoms with E-state index in [1.165, 1.54) is 5.56 Å². The van der Waals surface area contributed by atoms with Crippen molar-refractivity contribution in [3.05, 3.63) is 51.5 Å². The predicted octanol–water partition coefficient (Wildman–Crippen LogP) is 4.08. The number of hydrogen-bond acceptors (Lipinski definition) is 3. The summed E-state index contributed by atoms with van der Waals surface area (Å²) in [4.78, 5) is 4.57. The van der Waals surface area contributed by atoms with Crippen molar-refractivity contribution in [3.8, 4) is 0 Å². The summed E-state index contributed by atoms with van der Waals surface area (Å²) in [5.41, 5.74) is 2.97. The van der Waals surface area contributed by atoms with Crippen molar-refractivity contribution in [2.45, 2.75) is 45.6 Å². The van der Waals surface area contributed by atoms with E-state index >= 15 is 0 Å². The second kappa shape index (κ2) is 5.43. The molecule has 1 unspecified atom stereocenters. The van der Waals surface area contributed by atoms with Gasteiger partial charge in [0.15, 0.2) is 0 Å². The van der Waals surface area contributed by atoms with Crippen LogP contribution in [0.15, 0.2) is 29.6 Å². The molecular weight excluding hydrogens is 254 g/mol. The first-order valence-electron chi connectivity index (χ1n) is 6.64. The summed E-state index contributed by atoms with van der Waals surface area (Å²) in [6.45, 7) is 8.54. The molecular formula is C16H21NOS. The third-order valence-corrected chi connectivity index (χ3v) is 4.43. The van der Waals surface area contributed by atoms with E-state index in [2.05, 4.69) is 44.8 Å². The number of aliphatic hydroxyl groups is 1. The SMILES string of the molecule is CCc1ccc(C(O)c2csc(C(C)(C)C)n2)cc1. The molecule has 3 heteroatoms. The molecule has 2 aromatic rings. The van der Waals surface area contributed by atoms with Crippen molar-refractivity contribution in [1.82, 2.24) is 4.98 Å². The molecule has 2 nitrogen and oxygen atoms in total. The number of benzene rings is 1. The van der Waals surface area contributed by atoms with E-state index in [0.29, 0.717) is 0 Å². The van der Waals surface area contributed by atoms with Gasteiger partial charge in [-0.25, -0.2) is 4.98 Å². The van der Waals surface area contributed by atoms with Gasteiger partial charge in [0.05, 0.1) is 10.7 Å². The maximum atomic E-state index is 10.4. The van der Waals surface area contributed by atoms with Crippen molar-refractivity contribution in [3.63, 3.8) is 0 Å². The van der Waals surface area contributed by atoms with Crippen LogP contribution < -0.4 is 0 Å². The highest BCUT2D eigenvalue weighted by Crippen LogP contribution is 2.30. The van der Waals surface area contributed by atoms with Crippen LogP contribution >= 0.6 is 11.3 Å². The van der Waals surface area contributed by atoms with Gasteiger partial charge in [0.2, 0.25) is 0 Å². The van der Waals surface area contributed by atoms with Crippen LogP contribution in [0.1, 0.15) is 55.6 Å². The lowest BCUT2D eigenvalue weighted by Crippen LogP contribution is -2.11. The van der Waals surface area contributed by atoms with E-state index in [9.17, 15) is 5.11 Å². The molecule has 1 aromatic heterocycles. The summed E-state index contributed by atoms with van der Waals surface area (Å²) >= 11 is 1.62. The minimum Gasteiger partial charge on any atom is -0.382 e. The third-order valence-electron chi connectivity index (χ3n) is 3.15. The average Bonchev–Trinajstić information content (AvgIpc) is 2.87. The monoisotopic (exact) mass is 275 g/mol. The normalized spacial score (nSPS) is 13.5. The summed E-state index contributed by atoms with van der Waals surface area (Å²) in [5, 5.41) is 13.4. The molecule has 0 saturated heterocycles. The van der Waals surface area contributed by atoms with E-state index in [1.54, 1.807) is 11.3 Å². The topological polar surface area (TPSA) is 33.1 Å². The first-order chi connectivity index (χ1) is 8.91. The van der Waals surface area contributed by atoms with Gasteiger partial charge in [-0.1, -0.05) is 52.0 Å². The first-order valence-corrected chi connectivity index (χ1v) is 7.52. The Balaban J connectivity index is 2.23. The Hall–Kier alpha value is -1.19. The zero-order valence-electron chi connectivity index (χ0n) is 12.0. The van der Waals surface area contributed by atoms with Crippen molar-refractivity contribution < 1.29 is 5.11 Å². The van der Waals surface area contributed by atoms with E-state index in [0.717, 1.165) is 22.7 Å². The second-order valence-corrected chi connectivity index (χ2v) is 6.68. The molecule has 0 fully saturated rings. The van der Waals surface area contributed by atoms with E-state index in [1.807, 2.05) is 17.5 Å². The Labute approximate surface area is 119 Å². The Bertz CT molecular complexity index is 537. The minimum absolute atomic E-state index is 0.0364. The molecule has 19 heavy (non-hydrogen) atoms. The fourth-order valence-corrected chi connectivity index (χ4v) is 2.79. The van der Waals surface area contributed by atoms with Crippen molar-refractivity contribution in [2.75, 3.05) is 0 Å². The van der Waals surface area contributed by atoms with E-state index < -0.39 is 6.10 Å². The highest BCUT2D eigenvalue weighted by molar-refractivity contribution is 7.09. The van der Waals surface area contributed by atoms with Gasteiger partial charge >= 0.3 is 0 Å². The maximum Gasteiger partial charge on any atom is 0.122 e. The summed E-state index contributed by atoms with van der Waals surface area (Å²) in [7, 11) is 0. The summed E-state index contributed by atoms with van der Waals surface area (Å²) in [6, 6.07) is 8.10.